The van der Waals surface area contributed by atoms with Gasteiger partial charge in [-0.3, -0.25) is 4.79 Å². The van der Waals surface area contributed by atoms with Crippen molar-refractivity contribution in [3.63, 3.8) is 0 Å². The molecule has 1 aliphatic carbocycles. The first-order valence-corrected chi connectivity index (χ1v) is 8.99. The molecule has 5 nitrogen and oxygen atoms in total. The van der Waals surface area contributed by atoms with Gasteiger partial charge in [0.05, 0.1) is 19.6 Å². The molecule has 1 spiro atoms. The second-order valence-electron chi connectivity index (χ2n) is 6.58. The molecule has 2 aliphatic rings. The van der Waals surface area contributed by atoms with E-state index in [1.54, 1.807) is 0 Å². The molecular formula is C19H27NO4. The summed E-state index contributed by atoms with van der Waals surface area (Å²) in [7, 11) is 0. The SMILES string of the molecule is CCOc1ccc(CC(=O)NCC2COC3(CCCCC3)O2)cc1. The fourth-order valence-corrected chi connectivity index (χ4v) is 3.42. The van der Waals surface area contributed by atoms with Crippen molar-refractivity contribution in [3.8, 4) is 5.75 Å². The van der Waals surface area contributed by atoms with Crippen LogP contribution in [0.2, 0.25) is 0 Å². The van der Waals surface area contributed by atoms with Gasteiger partial charge in [0.2, 0.25) is 5.91 Å². The molecular weight excluding hydrogens is 306 g/mol. The number of hydrogen-bond donors (Lipinski definition) is 1. The maximum Gasteiger partial charge on any atom is 0.224 e. The third-order valence-corrected chi connectivity index (χ3v) is 4.66. The van der Waals surface area contributed by atoms with Gasteiger partial charge in [-0.2, -0.15) is 0 Å². The number of rotatable bonds is 6. The first-order valence-electron chi connectivity index (χ1n) is 8.99. The van der Waals surface area contributed by atoms with Gasteiger partial charge in [-0.15, -0.1) is 0 Å². The molecule has 3 rings (SSSR count). The maximum atomic E-state index is 12.1. The smallest absolute Gasteiger partial charge is 0.224 e. The summed E-state index contributed by atoms with van der Waals surface area (Å²) in [5.41, 5.74) is 0.975. The van der Waals surface area contributed by atoms with E-state index in [2.05, 4.69) is 5.32 Å². The minimum absolute atomic E-state index is 0.00681. The largest absolute Gasteiger partial charge is 0.494 e. The predicted molar refractivity (Wildman–Crippen MR) is 91.0 cm³/mol. The van der Waals surface area contributed by atoms with Crippen LogP contribution in [0.1, 0.15) is 44.6 Å². The van der Waals surface area contributed by atoms with Crippen LogP contribution in [0.25, 0.3) is 0 Å². The third-order valence-electron chi connectivity index (χ3n) is 4.66. The molecule has 1 saturated carbocycles. The molecule has 1 heterocycles. The summed E-state index contributed by atoms with van der Waals surface area (Å²) in [6.07, 6.45) is 5.87. The zero-order valence-electron chi connectivity index (χ0n) is 14.4. The van der Waals surface area contributed by atoms with E-state index in [0.29, 0.717) is 26.2 Å². The molecule has 1 unspecified atom stereocenters. The van der Waals surface area contributed by atoms with E-state index in [0.717, 1.165) is 37.0 Å². The van der Waals surface area contributed by atoms with Crippen LogP contribution in [0.4, 0.5) is 0 Å². The normalized spacial score (nSPS) is 22.5. The van der Waals surface area contributed by atoms with Gasteiger partial charge in [0.15, 0.2) is 5.79 Å². The molecule has 0 bridgehead atoms. The zero-order valence-corrected chi connectivity index (χ0v) is 14.4. The molecule has 0 radical (unpaired) electrons. The molecule has 1 atom stereocenters. The van der Waals surface area contributed by atoms with Gasteiger partial charge < -0.3 is 19.5 Å². The second-order valence-corrected chi connectivity index (χ2v) is 6.58. The van der Waals surface area contributed by atoms with E-state index in [1.165, 1.54) is 6.42 Å². The lowest BCUT2D eigenvalue weighted by molar-refractivity contribution is -0.186. The molecule has 1 saturated heterocycles. The maximum absolute atomic E-state index is 12.1. The lowest BCUT2D eigenvalue weighted by Gasteiger charge is -2.31. The highest BCUT2D eigenvalue weighted by Gasteiger charge is 2.42. The van der Waals surface area contributed by atoms with Crippen molar-refractivity contribution < 1.29 is 19.0 Å². The van der Waals surface area contributed by atoms with Crippen LogP contribution >= 0.6 is 0 Å². The monoisotopic (exact) mass is 333 g/mol. The van der Waals surface area contributed by atoms with Gasteiger partial charge >= 0.3 is 0 Å². The van der Waals surface area contributed by atoms with Crippen LogP contribution in [-0.2, 0) is 20.7 Å². The van der Waals surface area contributed by atoms with E-state index in [-0.39, 0.29) is 17.8 Å². The quantitative estimate of drug-likeness (QED) is 0.870. The molecule has 5 heteroatoms. The topological polar surface area (TPSA) is 56.8 Å². The van der Waals surface area contributed by atoms with Crippen LogP contribution in [0.3, 0.4) is 0 Å². The van der Waals surface area contributed by atoms with E-state index in [1.807, 2.05) is 31.2 Å². The minimum atomic E-state index is -0.372. The van der Waals surface area contributed by atoms with Crippen molar-refractivity contribution in [2.75, 3.05) is 19.8 Å². The summed E-state index contributed by atoms with van der Waals surface area (Å²) < 4.78 is 17.4. The van der Waals surface area contributed by atoms with E-state index < -0.39 is 0 Å². The Labute approximate surface area is 143 Å². The Hall–Kier alpha value is -1.59. The number of nitrogens with one attached hydrogen (secondary N) is 1. The number of hydrogen-bond acceptors (Lipinski definition) is 4. The Kier molecular flexibility index (Phi) is 5.74. The first kappa shape index (κ1) is 17.2. The Morgan fingerprint density at radius 3 is 2.71 bits per heavy atom. The highest BCUT2D eigenvalue weighted by atomic mass is 16.7. The molecule has 1 amide bonds. The zero-order chi connectivity index (χ0) is 16.8. The number of carbonyl (C=O) groups is 1. The van der Waals surface area contributed by atoms with Crippen LogP contribution in [0.15, 0.2) is 24.3 Å². The Morgan fingerprint density at radius 2 is 2.00 bits per heavy atom. The Bertz CT molecular complexity index is 537. The van der Waals surface area contributed by atoms with Crippen molar-refractivity contribution >= 4 is 5.91 Å². The number of amides is 1. The number of benzene rings is 1. The molecule has 1 aromatic rings. The summed E-state index contributed by atoms with van der Waals surface area (Å²) >= 11 is 0. The molecule has 1 aliphatic heterocycles. The Morgan fingerprint density at radius 1 is 1.25 bits per heavy atom. The van der Waals surface area contributed by atoms with Gasteiger partial charge in [0, 0.05) is 19.4 Å². The van der Waals surface area contributed by atoms with E-state index in [9.17, 15) is 4.79 Å². The van der Waals surface area contributed by atoms with Gasteiger partial charge in [-0.25, -0.2) is 0 Å². The molecule has 2 fully saturated rings. The average molecular weight is 333 g/mol. The van der Waals surface area contributed by atoms with Gasteiger partial charge in [0.1, 0.15) is 11.9 Å². The highest BCUT2D eigenvalue weighted by molar-refractivity contribution is 5.78. The lowest BCUT2D eigenvalue weighted by Crippen LogP contribution is -2.37. The third kappa shape index (κ3) is 4.48. The first-order chi connectivity index (χ1) is 11.7. The minimum Gasteiger partial charge on any atom is -0.494 e. The van der Waals surface area contributed by atoms with Crippen molar-refractivity contribution in [1.82, 2.24) is 5.32 Å². The molecule has 1 N–H and O–H groups in total. The van der Waals surface area contributed by atoms with Crippen molar-refractivity contribution in [2.45, 2.75) is 57.3 Å². The summed E-state index contributed by atoms with van der Waals surface area (Å²) in [5, 5.41) is 2.96. The fraction of sp³-hybridized carbons (Fsp3) is 0.632. The van der Waals surface area contributed by atoms with Crippen molar-refractivity contribution in [3.05, 3.63) is 29.8 Å². The highest BCUT2D eigenvalue weighted by Crippen LogP contribution is 2.37. The fourth-order valence-electron chi connectivity index (χ4n) is 3.42. The van der Waals surface area contributed by atoms with E-state index in [4.69, 9.17) is 14.2 Å². The van der Waals surface area contributed by atoms with E-state index >= 15 is 0 Å². The van der Waals surface area contributed by atoms with Crippen molar-refractivity contribution in [1.29, 1.82) is 0 Å². The van der Waals surface area contributed by atoms with Gasteiger partial charge in [-0.1, -0.05) is 18.6 Å². The predicted octanol–water partition coefficient (Wildman–Crippen LogP) is 2.82. The summed E-state index contributed by atoms with van der Waals surface area (Å²) in [4.78, 5) is 12.1. The Balaban J connectivity index is 1.41. The number of carbonyl (C=O) groups excluding carboxylic acids is 1. The molecule has 24 heavy (non-hydrogen) atoms. The van der Waals surface area contributed by atoms with Gasteiger partial charge in [-0.05, 0) is 37.5 Å². The van der Waals surface area contributed by atoms with Gasteiger partial charge in [0.25, 0.3) is 0 Å². The van der Waals surface area contributed by atoms with Crippen LogP contribution in [0.5, 0.6) is 5.75 Å². The van der Waals surface area contributed by atoms with Crippen LogP contribution < -0.4 is 10.1 Å². The summed E-state index contributed by atoms with van der Waals surface area (Å²) in [5.74, 6) is 0.464. The van der Waals surface area contributed by atoms with Crippen LogP contribution in [-0.4, -0.2) is 37.6 Å². The lowest BCUT2D eigenvalue weighted by atomic mass is 9.94. The van der Waals surface area contributed by atoms with Crippen molar-refractivity contribution in [2.24, 2.45) is 0 Å². The second kappa shape index (κ2) is 7.99. The van der Waals surface area contributed by atoms with Crippen LogP contribution in [0, 0.1) is 0 Å². The number of ether oxygens (including phenoxy) is 3. The summed E-state index contributed by atoms with van der Waals surface area (Å²) in [6.45, 7) is 3.68. The summed E-state index contributed by atoms with van der Waals surface area (Å²) in [6, 6.07) is 7.65. The molecule has 132 valence electrons. The average Bonchev–Trinajstić information content (AvgIpc) is 2.98. The molecule has 1 aromatic carbocycles. The standard InChI is InChI=1S/C19H27NO4/c1-2-22-16-8-6-15(7-9-16)12-18(21)20-13-17-14-23-19(24-17)10-4-3-5-11-19/h6-9,17H,2-5,10-14H2,1H3,(H,20,21). The molecule has 0 aromatic heterocycles.